The third kappa shape index (κ3) is 5.74. The maximum absolute atomic E-state index is 11.0. The number of aliphatic carboxylic acids is 1. The van der Waals surface area contributed by atoms with Crippen LogP contribution in [-0.2, 0) is 4.79 Å². The van der Waals surface area contributed by atoms with Gasteiger partial charge in [-0.05, 0) is 13.3 Å². The SMILES string of the molecule is CCCCCCC(C)(NCCO)C(=O)O. The van der Waals surface area contributed by atoms with Crippen LogP contribution in [0, 0.1) is 0 Å². The molecule has 1 unspecified atom stereocenters. The first-order valence-electron chi connectivity index (χ1n) is 5.66. The van der Waals surface area contributed by atoms with E-state index in [0.717, 1.165) is 25.7 Å². The summed E-state index contributed by atoms with van der Waals surface area (Å²) in [5.41, 5.74) is -0.892. The van der Waals surface area contributed by atoms with Gasteiger partial charge in [-0.25, -0.2) is 0 Å². The third-order valence-electron chi connectivity index (χ3n) is 2.63. The van der Waals surface area contributed by atoms with Crippen molar-refractivity contribution in [1.82, 2.24) is 5.32 Å². The number of aliphatic hydroxyl groups is 1. The lowest BCUT2D eigenvalue weighted by molar-refractivity contribution is -0.144. The second kappa shape index (κ2) is 7.65. The van der Waals surface area contributed by atoms with Gasteiger partial charge in [0.2, 0.25) is 0 Å². The minimum atomic E-state index is -0.892. The van der Waals surface area contributed by atoms with Crippen molar-refractivity contribution in [3.05, 3.63) is 0 Å². The van der Waals surface area contributed by atoms with Crippen molar-refractivity contribution < 1.29 is 15.0 Å². The molecule has 0 fully saturated rings. The van der Waals surface area contributed by atoms with Crippen LogP contribution in [0.1, 0.15) is 46.0 Å². The molecule has 0 spiro atoms. The number of rotatable bonds is 9. The molecule has 0 amide bonds. The van der Waals surface area contributed by atoms with E-state index < -0.39 is 11.5 Å². The maximum atomic E-state index is 11.0. The lowest BCUT2D eigenvalue weighted by atomic mass is 9.94. The number of hydrogen-bond donors (Lipinski definition) is 3. The molecule has 4 heteroatoms. The summed E-state index contributed by atoms with van der Waals surface area (Å²) in [6, 6.07) is 0. The van der Waals surface area contributed by atoms with Crippen LogP contribution in [-0.4, -0.2) is 34.9 Å². The van der Waals surface area contributed by atoms with Gasteiger partial charge in [0.05, 0.1) is 6.61 Å². The molecule has 0 rings (SSSR count). The lowest BCUT2D eigenvalue weighted by Gasteiger charge is -2.26. The zero-order chi connectivity index (χ0) is 11.7. The van der Waals surface area contributed by atoms with Gasteiger partial charge in [0.15, 0.2) is 0 Å². The van der Waals surface area contributed by atoms with E-state index in [1.54, 1.807) is 6.92 Å². The van der Waals surface area contributed by atoms with E-state index in [0.29, 0.717) is 13.0 Å². The number of nitrogens with one attached hydrogen (secondary N) is 1. The summed E-state index contributed by atoms with van der Waals surface area (Å²) in [4.78, 5) is 11.0. The fraction of sp³-hybridized carbons (Fsp3) is 0.909. The van der Waals surface area contributed by atoms with Crippen LogP contribution in [0.15, 0.2) is 0 Å². The van der Waals surface area contributed by atoms with Crippen molar-refractivity contribution in [3.63, 3.8) is 0 Å². The van der Waals surface area contributed by atoms with E-state index in [-0.39, 0.29) is 6.61 Å². The minimum absolute atomic E-state index is 0.0299. The molecular formula is C11H23NO3. The average Bonchev–Trinajstić information content (AvgIpc) is 2.21. The van der Waals surface area contributed by atoms with Crippen LogP contribution in [0.5, 0.6) is 0 Å². The van der Waals surface area contributed by atoms with Crippen LogP contribution < -0.4 is 5.32 Å². The highest BCUT2D eigenvalue weighted by Gasteiger charge is 2.31. The van der Waals surface area contributed by atoms with Gasteiger partial charge < -0.3 is 10.2 Å². The summed E-state index contributed by atoms with van der Waals surface area (Å²) in [7, 11) is 0. The van der Waals surface area contributed by atoms with Crippen LogP contribution >= 0.6 is 0 Å². The van der Waals surface area contributed by atoms with Crippen LogP contribution in [0.25, 0.3) is 0 Å². The molecule has 4 nitrogen and oxygen atoms in total. The van der Waals surface area contributed by atoms with Gasteiger partial charge in [-0.3, -0.25) is 10.1 Å². The molecular weight excluding hydrogens is 194 g/mol. The molecule has 0 aromatic carbocycles. The van der Waals surface area contributed by atoms with Crippen LogP contribution in [0.2, 0.25) is 0 Å². The molecule has 1 atom stereocenters. The Labute approximate surface area is 91.7 Å². The van der Waals surface area contributed by atoms with Crippen molar-refractivity contribution >= 4 is 5.97 Å². The molecule has 0 saturated carbocycles. The van der Waals surface area contributed by atoms with E-state index in [9.17, 15) is 4.79 Å². The topological polar surface area (TPSA) is 69.6 Å². The molecule has 0 heterocycles. The van der Waals surface area contributed by atoms with Crippen molar-refractivity contribution in [2.45, 2.75) is 51.5 Å². The highest BCUT2D eigenvalue weighted by atomic mass is 16.4. The highest BCUT2D eigenvalue weighted by Crippen LogP contribution is 2.15. The number of unbranched alkanes of at least 4 members (excludes halogenated alkanes) is 3. The largest absolute Gasteiger partial charge is 0.480 e. The maximum Gasteiger partial charge on any atom is 0.323 e. The van der Waals surface area contributed by atoms with Gasteiger partial charge in [-0.15, -0.1) is 0 Å². The summed E-state index contributed by atoms with van der Waals surface area (Å²) in [6.07, 6.45) is 4.89. The molecule has 0 radical (unpaired) electrons. The Morgan fingerprint density at radius 1 is 1.33 bits per heavy atom. The summed E-state index contributed by atoms with van der Waals surface area (Å²) < 4.78 is 0. The first-order valence-corrected chi connectivity index (χ1v) is 5.66. The number of carboxylic acids is 1. The summed E-state index contributed by atoms with van der Waals surface area (Å²) >= 11 is 0. The molecule has 0 aromatic rings. The molecule has 0 bridgehead atoms. The molecule has 0 saturated heterocycles. The number of hydrogen-bond acceptors (Lipinski definition) is 3. The molecule has 0 aromatic heterocycles. The third-order valence-corrected chi connectivity index (χ3v) is 2.63. The van der Waals surface area contributed by atoms with Crippen LogP contribution in [0.4, 0.5) is 0 Å². The van der Waals surface area contributed by atoms with E-state index in [4.69, 9.17) is 10.2 Å². The number of β-amino-alcohol motifs (C(OH)–C–C–N with tert-alkyl or cyclic N) is 1. The van der Waals surface area contributed by atoms with Crippen molar-refractivity contribution in [1.29, 1.82) is 0 Å². The Bertz CT molecular complexity index is 185. The fourth-order valence-electron chi connectivity index (χ4n) is 1.51. The van der Waals surface area contributed by atoms with Gasteiger partial charge in [0, 0.05) is 6.54 Å². The van der Waals surface area contributed by atoms with E-state index >= 15 is 0 Å². The standard InChI is InChI=1S/C11H23NO3/c1-3-4-5-6-7-11(2,10(14)15)12-8-9-13/h12-13H,3-9H2,1-2H3,(H,14,15). The minimum Gasteiger partial charge on any atom is -0.480 e. The van der Waals surface area contributed by atoms with Crippen LogP contribution in [0.3, 0.4) is 0 Å². The molecule has 0 aliphatic carbocycles. The predicted octanol–water partition coefficient (Wildman–Crippen LogP) is 1.38. The lowest BCUT2D eigenvalue weighted by Crippen LogP contribution is -2.50. The Balaban J connectivity index is 3.96. The second-order valence-electron chi connectivity index (χ2n) is 4.10. The molecule has 15 heavy (non-hydrogen) atoms. The highest BCUT2D eigenvalue weighted by molar-refractivity contribution is 5.78. The monoisotopic (exact) mass is 217 g/mol. The summed E-state index contributed by atoms with van der Waals surface area (Å²) in [5, 5.41) is 20.6. The first kappa shape index (κ1) is 14.4. The smallest absolute Gasteiger partial charge is 0.323 e. The first-order chi connectivity index (χ1) is 7.06. The van der Waals surface area contributed by atoms with Crippen molar-refractivity contribution in [2.75, 3.05) is 13.2 Å². The van der Waals surface area contributed by atoms with Crippen molar-refractivity contribution in [2.24, 2.45) is 0 Å². The molecule has 3 N–H and O–H groups in total. The van der Waals surface area contributed by atoms with E-state index in [1.165, 1.54) is 0 Å². The summed E-state index contributed by atoms with van der Waals surface area (Å²) in [6.45, 7) is 4.10. The Morgan fingerprint density at radius 3 is 2.47 bits per heavy atom. The van der Waals surface area contributed by atoms with Gasteiger partial charge in [0.1, 0.15) is 5.54 Å². The fourth-order valence-corrected chi connectivity index (χ4v) is 1.51. The normalized spacial score (nSPS) is 14.9. The van der Waals surface area contributed by atoms with E-state index in [1.807, 2.05) is 0 Å². The predicted molar refractivity (Wildman–Crippen MR) is 59.9 cm³/mol. The summed E-state index contributed by atoms with van der Waals surface area (Å²) in [5.74, 6) is -0.840. The van der Waals surface area contributed by atoms with Crippen molar-refractivity contribution in [3.8, 4) is 0 Å². The zero-order valence-electron chi connectivity index (χ0n) is 9.75. The second-order valence-corrected chi connectivity index (χ2v) is 4.10. The zero-order valence-corrected chi connectivity index (χ0v) is 9.75. The van der Waals surface area contributed by atoms with Gasteiger partial charge in [0.25, 0.3) is 0 Å². The molecule has 0 aliphatic rings. The number of carboxylic acid groups (broad SMARTS) is 1. The van der Waals surface area contributed by atoms with Gasteiger partial charge in [-0.1, -0.05) is 32.6 Å². The Morgan fingerprint density at radius 2 is 2.00 bits per heavy atom. The van der Waals surface area contributed by atoms with Gasteiger partial charge in [-0.2, -0.15) is 0 Å². The number of carbonyl (C=O) groups is 1. The molecule has 90 valence electrons. The Hall–Kier alpha value is -0.610. The number of aliphatic hydroxyl groups excluding tert-OH is 1. The Kier molecular flexibility index (Phi) is 7.34. The van der Waals surface area contributed by atoms with Gasteiger partial charge >= 0.3 is 5.97 Å². The van der Waals surface area contributed by atoms with E-state index in [2.05, 4.69) is 12.2 Å². The quantitative estimate of drug-likeness (QED) is 0.510. The molecule has 0 aliphatic heterocycles. The average molecular weight is 217 g/mol.